The van der Waals surface area contributed by atoms with Gasteiger partial charge in [-0.05, 0) is 37.1 Å². The summed E-state index contributed by atoms with van der Waals surface area (Å²) in [6.07, 6.45) is 1.54. The van der Waals surface area contributed by atoms with Gasteiger partial charge in [0.1, 0.15) is 0 Å². The fourth-order valence-corrected chi connectivity index (χ4v) is 3.91. The van der Waals surface area contributed by atoms with E-state index in [0.29, 0.717) is 18.8 Å². The highest BCUT2D eigenvalue weighted by Crippen LogP contribution is 2.22. The molecule has 0 aromatic heterocycles. The Hall–Kier alpha value is -1.11. The first kappa shape index (κ1) is 16.9. The predicted molar refractivity (Wildman–Crippen MR) is 81.0 cm³/mol. The normalized spacial score (nSPS) is 12.2. The Balaban J connectivity index is 3.12. The van der Waals surface area contributed by atoms with Crippen molar-refractivity contribution in [2.45, 2.75) is 37.6 Å². The summed E-state index contributed by atoms with van der Waals surface area (Å²) >= 11 is 0. The van der Waals surface area contributed by atoms with Crippen LogP contribution in [0.3, 0.4) is 0 Å². The van der Waals surface area contributed by atoms with E-state index in [4.69, 9.17) is 10.5 Å². The van der Waals surface area contributed by atoms with Crippen molar-refractivity contribution >= 4 is 15.7 Å². The first-order chi connectivity index (χ1) is 9.47. The maximum Gasteiger partial charge on any atom is 0.243 e. The van der Waals surface area contributed by atoms with Gasteiger partial charge in [0.2, 0.25) is 10.0 Å². The monoisotopic (exact) mass is 300 g/mol. The number of anilines is 1. The Morgan fingerprint density at radius 2 is 1.75 bits per heavy atom. The number of hydrogen-bond donors (Lipinski definition) is 1. The molecular weight excluding hydrogens is 276 g/mol. The van der Waals surface area contributed by atoms with Crippen LogP contribution in [0.1, 0.15) is 26.7 Å². The number of sulfonamides is 1. The van der Waals surface area contributed by atoms with Crippen LogP contribution in [0.15, 0.2) is 29.2 Å². The van der Waals surface area contributed by atoms with Gasteiger partial charge in [-0.1, -0.05) is 13.8 Å². The summed E-state index contributed by atoms with van der Waals surface area (Å²) in [5.41, 5.74) is 6.16. The van der Waals surface area contributed by atoms with Gasteiger partial charge < -0.3 is 10.5 Å². The number of nitrogen functional groups attached to an aromatic ring is 1. The molecule has 0 bridgehead atoms. The predicted octanol–water partition coefficient (Wildman–Crippen LogP) is 2.09. The van der Waals surface area contributed by atoms with Crippen LogP contribution in [0.2, 0.25) is 0 Å². The lowest BCUT2D eigenvalue weighted by atomic mass is 10.2. The summed E-state index contributed by atoms with van der Waals surface area (Å²) in [6.45, 7) is 4.72. The molecule has 0 radical (unpaired) electrons. The van der Waals surface area contributed by atoms with Crippen molar-refractivity contribution in [2.24, 2.45) is 0 Å². The van der Waals surface area contributed by atoms with Crippen molar-refractivity contribution in [3.8, 4) is 0 Å². The highest BCUT2D eigenvalue weighted by atomic mass is 32.2. The Morgan fingerprint density at radius 1 is 1.20 bits per heavy atom. The van der Waals surface area contributed by atoms with Crippen LogP contribution in [0, 0.1) is 0 Å². The molecule has 0 atom stereocenters. The molecule has 0 heterocycles. The number of benzene rings is 1. The second kappa shape index (κ2) is 7.61. The summed E-state index contributed by atoms with van der Waals surface area (Å²) in [4.78, 5) is 0.273. The minimum absolute atomic E-state index is 0.0206. The molecule has 1 rings (SSSR count). The molecule has 0 unspecified atom stereocenters. The van der Waals surface area contributed by atoms with E-state index in [0.717, 1.165) is 12.8 Å². The van der Waals surface area contributed by atoms with Gasteiger partial charge in [0, 0.05) is 25.4 Å². The molecule has 0 aliphatic carbocycles. The van der Waals surface area contributed by atoms with Crippen LogP contribution in [0.25, 0.3) is 0 Å². The third-order valence-corrected chi connectivity index (χ3v) is 5.32. The molecule has 5 nitrogen and oxygen atoms in total. The zero-order chi connectivity index (χ0) is 15.2. The second-order valence-corrected chi connectivity index (χ2v) is 6.54. The minimum Gasteiger partial charge on any atom is -0.399 e. The lowest BCUT2D eigenvalue weighted by Gasteiger charge is -2.29. The molecule has 1 aromatic rings. The topological polar surface area (TPSA) is 72.6 Å². The van der Waals surface area contributed by atoms with E-state index in [-0.39, 0.29) is 10.9 Å². The maximum atomic E-state index is 12.7. The van der Waals surface area contributed by atoms with E-state index in [9.17, 15) is 8.42 Å². The third kappa shape index (κ3) is 3.94. The van der Waals surface area contributed by atoms with Crippen molar-refractivity contribution in [3.05, 3.63) is 24.3 Å². The van der Waals surface area contributed by atoms with Crippen molar-refractivity contribution in [2.75, 3.05) is 26.0 Å². The summed E-state index contributed by atoms with van der Waals surface area (Å²) < 4.78 is 32.0. The number of hydrogen-bond acceptors (Lipinski definition) is 4. The van der Waals surface area contributed by atoms with Crippen molar-refractivity contribution < 1.29 is 13.2 Å². The number of nitrogens with zero attached hydrogens (tertiary/aromatic N) is 1. The van der Waals surface area contributed by atoms with E-state index in [1.165, 1.54) is 4.31 Å². The molecule has 0 saturated heterocycles. The van der Waals surface area contributed by atoms with Crippen molar-refractivity contribution in [3.63, 3.8) is 0 Å². The maximum absolute atomic E-state index is 12.7. The van der Waals surface area contributed by atoms with Crippen LogP contribution in [0.5, 0.6) is 0 Å². The van der Waals surface area contributed by atoms with E-state index in [1.54, 1.807) is 31.4 Å². The van der Waals surface area contributed by atoms with Crippen LogP contribution in [-0.2, 0) is 14.8 Å². The van der Waals surface area contributed by atoms with E-state index >= 15 is 0 Å². The Kier molecular flexibility index (Phi) is 6.45. The highest BCUT2D eigenvalue weighted by Gasteiger charge is 2.29. The van der Waals surface area contributed by atoms with Gasteiger partial charge in [-0.3, -0.25) is 0 Å². The summed E-state index contributed by atoms with van der Waals surface area (Å²) in [6, 6.07) is 6.29. The third-order valence-electron chi connectivity index (χ3n) is 3.35. The summed E-state index contributed by atoms with van der Waals surface area (Å²) in [5, 5.41) is 0. The molecule has 0 fully saturated rings. The fourth-order valence-electron chi connectivity index (χ4n) is 2.15. The smallest absolute Gasteiger partial charge is 0.243 e. The molecule has 0 aliphatic heterocycles. The standard InChI is InChI=1S/C14H24N2O3S/c1-4-13(5-2)16(10-11-19-3)20(17,18)14-8-6-12(15)7-9-14/h6-9,13H,4-5,10-11,15H2,1-3H3. The average molecular weight is 300 g/mol. The van der Waals surface area contributed by atoms with Crippen LogP contribution >= 0.6 is 0 Å². The minimum atomic E-state index is -3.52. The van der Waals surface area contributed by atoms with Gasteiger partial charge in [0.25, 0.3) is 0 Å². The van der Waals surface area contributed by atoms with Crippen LogP contribution < -0.4 is 5.73 Å². The second-order valence-electron chi connectivity index (χ2n) is 4.65. The molecule has 0 saturated carbocycles. The van der Waals surface area contributed by atoms with Crippen molar-refractivity contribution in [1.82, 2.24) is 4.31 Å². The zero-order valence-corrected chi connectivity index (χ0v) is 13.2. The number of rotatable bonds is 8. The molecular formula is C14H24N2O3S. The Bertz CT molecular complexity index is 496. The Morgan fingerprint density at radius 3 is 2.20 bits per heavy atom. The van der Waals surface area contributed by atoms with Crippen LogP contribution in [-0.4, -0.2) is 39.0 Å². The molecule has 0 spiro atoms. The molecule has 114 valence electrons. The van der Waals surface area contributed by atoms with Gasteiger partial charge in [0.05, 0.1) is 11.5 Å². The van der Waals surface area contributed by atoms with Gasteiger partial charge in [-0.15, -0.1) is 0 Å². The largest absolute Gasteiger partial charge is 0.399 e. The van der Waals surface area contributed by atoms with Gasteiger partial charge in [0.15, 0.2) is 0 Å². The quantitative estimate of drug-likeness (QED) is 0.746. The van der Waals surface area contributed by atoms with Crippen molar-refractivity contribution in [1.29, 1.82) is 0 Å². The fraction of sp³-hybridized carbons (Fsp3) is 0.571. The number of methoxy groups -OCH3 is 1. The molecule has 6 heteroatoms. The van der Waals surface area contributed by atoms with E-state index < -0.39 is 10.0 Å². The van der Waals surface area contributed by atoms with Gasteiger partial charge in [-0.25, -0.2) is 8.42 Å². The van der Waals surface area contributed by atoms with E-state index in [2.05, 4.69) is 0 Å². The Labute approximate surface area is 121 Å². The molecule has 0 amide bonds. The number of nitrogens with two attached hydrogens (primary N) is 1. The number of ether oxygens (including phenoxy) is 1. The van der Waals surface area contributed by atoms with Gasteiger partial charge >= 0.3 is 0 Å². The van der Waals surface area contributed by atoms with Crippen LogP contribution in [0.4, 0.5) is 5.69 Å². The lowest BCUT2D eigenvalue weighted by molar-refractivity contribution is 0.163. The zero-order valence-electron chi connectivity index (χ0n) is 12.4. The molecule has 1 aromatic carbocycles. The average Bonchev–Trinajstić information content (AvgIpc) is 2.43. The lowest BCUT2D eigenvalue weighted by Crippen LogP contribution is -2.41. The molecule has 0 aliphatic rings. The summed E-state index contributed by atoms with van der Waals surface area (Å²) in [7, 11) is -1.95. The van der Waals surface area contributed by atoms with E-state index in [1.807, 2.05) is 13.8 Å². The first-order valence-corrected chi connectivity index (χ1v) is 8.27. The molecule has 2 N–H and O–H groups in total. The van der Waals surface area contributed by atoms with Gasteiger partial charge in [-0.2, -0.15) is 4.31 Å². The first-order valence-electron chi connectivity index (χ1n) is 6.83. The SMILES string of the molecule is CCC(CC)N(CCOC)S(=O)(=O)c1ccc(N)cc1. The highest BCUT2D eigenvalue weighted by molar-refractivity contribution is 7.89. The summed E-state index contributed by atoms with van der Waals surface area (Å²) in [5.74, 6) is 0. The molecule has 20 heavy (non-hydrogen) atoms.